The molecule has 0 saturated carbocycles. The molecule has 0 bridgehead atoms. The summed E-state index contributed by atoms with van der Waals surface area (Å²) in [7, 11) is 0. The zero-order chi connectivity index (χ0) is 16.6. The Kier molecular flexibility index (Phi) is 4.14. The number of nitrogens with one attached hydrogen (secondary N) is 2. The lowest BCUT2D eigenvalue weighted by molar-refractivity contribution is -0.115. The summed E-state index contributed by atoms with van der Waals surface area (Å²) in [4.78, 5) is 15.8. The molecule has 0 saturated heterocycles. The van der Waals surface area contributed by atoms with Crippen molar-refractivity contribution in [2.24, 2.45) is 0 Å². The standard InChI is InChI=1S/C19H19ClN2O/c1-11-4-6-18-16(8-11)15(13(3)21-18)10-19(23)22-17-7-5-14(20)9-12(17)2/h4-9,21H,10H2,1-3H3,(H,22,23). The maximum absolute atomic E-state index is 12.4. The molecule has 1 amide bonds. The Morgan fingerprint density at radius 2 is 1.91 bits per heavy atom. The largest absolute Gasteiger partial charge is 0.358 e. The predicted octanol–water partition coefficient (Wildman–Crippen LogP) is 4.93. The lowest BCUT2D eigenvalue weighted by atomic mass is 10.1. The van der Waals surface area contributed by atoms with Gasteiger partial charge in [-0.15, -0.1) is 0 Å². The molecule has 4 heteroatoms. The van der Waals surface area contributed by atoms with Gasteiger partial charge in [-0.05, 0) is 62.2 Å². The lowest BCUT2D eigenvalue weighted by Crippen LogP contribution is -2.15. The van der Waals surface area contributed by atoms with Crippen LogP contribution in [0.5, 0.6) is 0 Å². The van der Waals surface area contributed by atoms with E-state index in [-0.39, 0.29) is 5.91 Å². The number of amides is 1. The summed E-state index contributed by atoms with van der Waals surface area (Å²) in [5.74, 6) is -0.0269. The van der Waals surface area contributed by atoms with E-state index in [2.05, 4.69) is 35.4 Å². The minimum absolute atomic E-state index is 0.0269. The van der Waals surface area contributed by atoms with Crippen molar-refractivity contribution >= 4 is 34.1 Å². The Morgan fingerprint density at radius 3 is 2.65 bits per heavy atom. The normalized spacial score (nSPS) is 11.0. The molecule has 2 aromatic carbocycles. The van der Waals surface area contributed by atoms with Crippen molar-refractivity contribution in [3.05, 3.63) is 63.8 Å². The van der Waals surface area contributed by atoms with Gasteiger partial charge in [-0.3, -0.25) is 4.79 Å². The van der Waals surface area contributed by atoms with Crippen LogP contribution in [0, 0.1) is 20.8 Å². The molecule has 118 valence electrons. The van der Waals surface area contributed by atoms with Gasteiger partial charge in [0.05, 0.1) is 6.42 Å². The van der Waals surface area contributed by atoms with Crippen molar-refractivity contribution in [3.63, 3.8) is 0 Å². The third kappa shape index (κ3) is 3.25. The number of carbonyl (C=O) groups is 1. The van der Waals surface area contributed by atoms with E-state index < -0.39 is 0 Å². The van der Waals surface area contributed by atoms with Crippen molar-refractivity contribution in [1.82, 2.24) is 4.98 Å². The highest BCUT2D eigenvalue weighted by atomic mass is 35.5. The van der Waals surface area contributed by atoms with Gasteiger partial charge in [-0.25, -0.2) is 0 Å². The second-order valence-electron chi connectivity index (χ2n) is 5.96. The van der Waals surface area contributed by atoms with Crippen LogP contribution in [-0.2, 0) is 11.2 Å². The molecule has 3 aromatic rings. The number of aromatic amines is 1. The lowest BCUT2D eigenvalue weighted by Gasteiger charge is -2.09. The number of halogens is 1. The van der Waals surface area contributed by atoms with Crippen LogP contribution in [0.15, 0.2) is 36.4 Å². The monoisotopic (exact) mass is 326 g/mol. The highest BCUT2D eigenvalue weighted by Crippen LogP contribution is 2.25. The van der Waals surface area contributed by atoms with Crippen LogP contribution >= 0.6 is 11.6 Å². The topological polar surface area (TPSA) is 44.9 Å². The van der Waals surface area contributed by atoms with Crippen LogP contribution in [0.4, 0.5) is 5.69 Å². The Bertz CT molecular complexity index is 896. The number of fused-ring (bicyclic) bond motifs is 1. The average molecular weight is 327 g/mol. The highest BCUT2D eigenvalue weighted by Gasteiger charge is 2.13. The molecule has 0 fully saturated rings. The number of H-pyrrole nitrogens is 1. The van der Waals surface area contributed by atoms with E-state index in [4.69, 9.17) is 11.6 Å². The van der Waals surface area contributed by atoms with Gasteiger partial charge in [0, 0.05) is 27.3 Å². The molecule has 0 atom stereocenters. The second kappa shape index (κ2) is 6.09. The van der Waals surface area contributed by atoms with E-state index in [1.165, 1.54) is 5.56 Å². The quantitative estimate of drug-likeness (QED) is 0.704. The molecule has 0 radical (unpaired) electrons. The first-order chi connectivity index (χ1) is 10.9. The molecular weight excluding hydrogens is 308 g/mol. The number of aromatic nitrogens is 1. The maximum atomic E-state index is 12.4. The Balaban J connectivity index is 1.85. The summed E-state index contributed by atoms with van der Waals surface area (Å²) >= 11 is 5.95. The molecule has 0 aliphatic heterocycles. The van der Waals surface area contributed by atoms with E-state index >= 15 is 0 Å². The summed E-state index contributed by atoms with van der Waals surface area (Å²) in [6, 6.07) is 11.7. The van der Waals surface area contributed by atoms with Crippen LogP contribution in [0.2, 0.25) is 5.02 Å². The van der Waals surface area contributed by atoms with Crippen molar-refractivity contribution in [1.29, 1.82) is 0 Å². The molecule has 0 aliphatic carbocycles. The molecule has 2 N–H and O–H groups in total. The first-order valence-electron chi connectivity index (χ1n) is 7.58. The van der Waals surface area contributed by atoms with Crippen LogP contribution < -0.4 is 5.32 Å². The van der Waals surface area contributed by atoms with E-state index in [9.17, 15) is 4.79 Å². The third-order valence-corrected chi connectivity index (χ3v) is 4.31. The van der Waals surface area contributed by atoms with E-state index in [0.717, 1.165) is 33.4 Å². The van der Waals surface area contributed by atoms with Gasteiger partial charge >= 0.3 is 0 Å². The molecule has 0 spiro atoms. The summed E-state index contributed by atoms with van der Waals surface area (Å²) in [6.45, 7) is 6.00. The smallest absolute Gasteiger partial charge is 0.228 e. The zero-order valence-electron chi connectivity index (χ0n) is 13.5. The number of benzene rings is 2. The molecular formula is C19H19ClN2O. The molecule has 3 rings (SSSR count). The number of carbonyl (C=O) groups excluding carboxylic acids is 1. The predicted molar refractivity (Wildman–Crippen MR) is 96.3 cm³/mol. The van der Waals surface area contributed by atoms with Crippen LogP contribution in [-0.4, -0.2) is 10.9 Å². The molecule has 1 heterocycles. The number of anilines is 1. The average Bonchev–Trinajstić information content (AvgIpc) is 2.78. The number of hydrogen-bond acceptors (Lipinski definition) is 1. The van der Waals surface area contributed by atoms with Gasteiger partial charge in [0.1, 0.15) is 0 Å². The van der Waals surface area contributed by atoms with Gasteiger partial charge in [0.15, 0.2) is 0 Å². The van der Waals surface area contributed by atoms with Gasteiger partial charge in [0.2, 0.25) is 5.91 Å². The number of rotatable bonds is 3. The van der Waals surface area contributed by atoms with Crippen molar-refractivity contribution in [2.75, 3.05) is 5.32 Å². The first kappa shape index (κ1) is 15.6. The fourth-order valence-electron chi connectivity index (χ4n) is 2.85. The van der Waals surface area contributed by atoms with E-state index in [0.29, 0.717) is 11.4 Å². The minimum Gasteiger partial charge on any atom is -0.358 e. The maximum Gasteiger partial charge on any atom is 0.228 e. The fraction of sp³-hybridized carbons (Fsp3) is 0.211. The van der Waals surface area contributed by atoms with Crippen LogP contribution in [0.1, 0.15) is 22.4 Å². The SMILES string of the molecule is Cc1ccc2[nH]c(C)c(CC(=O)Nc3ccc(Cl)cc3C)c2c1. The van der Waals surface area contributed by atoms with Gasteiger partial charge < -0.3 is 10.3 Å². The Hall–Kier alpha value is -2.26. The summed E-state index contributed by atoms with van der Waals surface area (Å²) in [5.41, 5.74) is 6.09. The molecule has 3 nitrogen and oxygen atoms in total. The molecule has 0 unspecified atom stereocenters. The second-order valence-corrected chi connectivity index (χ2v) is 6.40. The zero-order valence-corrected chi connectivity index (χ0v) is 14.2. The minimum atomic E-state index is -0.0269. The Labute approximate surface area is 140 Å². The third-order valence-electron chi connectivity index (χ3n) is 4.07. The van der Waals surface area contributed by atoms with Crippen molar-refractivity contribution in [3.8, 4) is 0 Å². The number of aryl methyl sites for hydroxylation is 3. The van der Waals surface area contributed by atoms with Gasteiger partial charge in [-0.1, -0.05) is 23.2 Å². The fourth-order valence-corrected chi connectivity index (χ4v) is 3.07. The van der Waals surface area contributed by atoms with Gasteiger partial charge in [0.25, 0.3) is 0 Å². The molecule has 1 aromatic heterocycles. The van der Waals surface area contributed by atoms with Crippen molar-refractivity contribution < 1.29 is 4.79 Å². The van der Waals surface area contributed by atoms with Crippen molar-refractivity contribution in [2.45, 2.75) is 27.2 Å². The Morgan fingerprint density at radius 1 is 1.13 bits per heavy atom. The highest BCUT2D eigenvalue weighted by molar-refractivity contribution is 6.30. The van der Waals surface area contributed by atoms with E-state index in [1.807, 2.05) is 26.0 Å². The van der Waals surface area contributed by atoms with E-state index in [1.54, 1.807) is 6.07 Å². The van der Waals surface area contributed by atoms with Crippen LogP contribution in [0.25, 0.3) is 10.9 Å². The summed E-state index contributed by atoms with van der Waals surface area (Å²) < 4.78 is 0. The summed E-state index contributed by atoms with van der Waals surface area (Å²) in [6.07, 6.45) is 0.345. The first-order valence-corrected chi connectivity index (χ1v) is 7.95. The van der Waals surface area contributed by atoms with Crippen LogP contribution in [0.3, 0.4) is 0 Å². The molecule has 0 aliphatic rings. The van der Waals surface area contributed by atoms with Gasteiger partial charge in [-0.2, -0.15) is 0 Å². The molecule has 23 heavy (non-hydrogen) atoms. The number of hydrogen-bond donors (Lipinski definition) is 2. The summed E-state index contributed by atoms with van der Waals surface area (Å²) in [5, 5.41) is 4.76.